The van der Waals surface area contributed by atoms with Crippen LogP contribution in [0.2, 0.25) is 0 Å². The fourth-order valence-electron chi connectivity index (χ4n) is 3.06. The van der Waals surface area contributed by atoms with Crippen LogP contribution in [0, 0.1) is 0 Å². The highest BCUT2D eigenvalue weighted by molar-refractivity contribution is 5.93. The van der Waals surface area contributed by atoms with Crippen molar-refractivity contribution in [3.63, 3.8) is 0 Å². The number of rotatable bonds is 4. The molecule has 8 nitrogen and oxygen atoms in total. The molecular formula is C15H20F2N6O2. The summed E-state index contributed by atoms with van der Waals surface area (Å²) in [6, 6.07) is 1.29. The van der Waals surface area contributed by atoms with Gasteiger partial charge < -0.3 is 21.1 Å². The zero-order chi connectivity index (χ0) is 18.0. The number of amidine groups is 1. The van der Waals surface area contributed by atoms with E-state index in [0.29, 0.717) is 18.9 Å². The summed E-state index contributed by atoms with van der Waals surface area (Å²) >= 11 is 0. The van der Waals surface area contributed by atoms with Crippen LogP contribution < -0.4 is 17.2 Å². The average molecular weight is 354 g/mol. The van der Waals surface area contributed by atoms with Gasteiger partial charge in [0.2, 0.25) is 6.23 Å². The van der Waals surface area contributed by atoms with Crippen LogP contribution in [0.4, 0.5) is 14.6 Å². The van der Waals surface area contributed by atoms with Gasteiger partial charge in [-0.1, -0.05) is 0 Å². The van der Waals surface area contributed by atoms with Gasteiger partial charge >= 0.3 is 5.69 Å². The number of nitrogens with zero attached hydrogens (tertiary/aromatic N) is 4. The molecule has 0 aliphatic carbocycles. The highest BCUT2D eigenvalue weighted by atomic mass is 19.3. The Morgan fingerprint density at radius 3 is 3.00 bits per heavy atom. The first kappa shape index (κ1) is 17.3. The SMILES string of the molecule is NC=CC1=NCCCN1C[C@@H]1CC(F)(F)[C@H](n2ccc(N)nc2=O)O1. The lowest BCUT2D eigenvalue weighted by Crippen LogP contribution is -2.40. The molecule has 1 saturated heterocycles. The molecule has 4 N–H and O–H groups in total. The lowest BCUT2D eigenvalue weighted by Gasteiger charge is -2.29. The normalized spacial score (nSPS) is 26.2. The second kappa shape index (κ2) is 6.79. The Kier molecular flexibility index (Phi) is 4.71. The second-order valence-electron chi connectivity index (χ2n) is 6.02. The molecule has 1 aromatic heterocycles. The Balaban J connectivity index is 1.77. The fourth-order valence-corrected chi connectivity index (χ4v) is 3.06. The number of nitrogens with two attached hydrogens (primary N) is 2. The standard InChI is InChI=1S/C15H20F2N6O2/c16-15(17)8-10(9-22-6-1-5-20-12(22)2-4-18)25-13(15)23-7-3-11(19)21-14(23)24/h2-4,7,10,13H,1,5-6,8-9,18H2,(H2,19,21,24)/t10-,13+/m0/s1. The van der Waals surface area contributed by atoms with Crippen LogP contribution in [-0.2, 0) is 4.74 Å². The zero-order valence-electron chi connectivity index (χ0n) is 13.5. The van der Waals surface area contributed by atoms with Gasteiger partial charge in [-0.3, -0.25) is 9.56 Å². The van der Waals surface area contributed by atoms with Crippen LogP contribution in [0.25, 0.3) is 0 Å². The van der Waals surface area contributed by atoms with Crippen LogP contribution in [0.5, 0.6) is 0 Å². The molecular weight excluding hydrogens is 334 g/mol. The first-order valence-corrected chi connectivity index (χ1v) is 7.96. The molecule has 0 unspecified atom stereocenters. The Morgan fingerprint density at radius 1 is 1.48 bits per heavy atom. The maximum atomic E-state index is 14.4. The van der Waals surface area contributed by atoms with E-state index in [1.54, 1.807) is 6.08 Å². The van der Waals surface area contributed by atoms with Crippen LogP contribution in [0.1, 0.15) is 19.1 Å². The van der Waals surface area contributed by atoms with E-state index in [1.165, 1.54) is 18.5 Å². The van der Waals surface area contributed by atoms with Crippen molar-refractivity contribution in [3.05, 3.63) is 35.0 Å². The molecule has 2 aliphatic rings. The van der Waals surface area contributed by atoms with Crippen molar-refractivity contribution >= 4 is 11.7 Å². The molecule has 2 atom stereocenters. The predicted molar refractivity (Wildman–Crippen MR) is 88.2 cm³/mol. The van der Waals surface area contributed by atoms with E-state index in [0.717, 1.165) is 11.0 Å². The molecule has 1 fully saturated rings. The summed E-state index contributed by atoms with van der Waals surface area (Å²) in [6.45, 7) is 1.60. The number of hydrogen-bond acceptors (Lipinski definition) is 7. The molecule has 3 rings (SSSR count). The molecule has 0 aromatic carbocycles. The number of nitrogen functional groups attached to an aromatic ring is 1. The van der Waals surface area contributed by atoms with Gasteiger partial charge in [0, 0.05) is 32.3 Å². The summed E-state index contributed by atoms with van der Waals surface area (Å²) in [4.78, 5) is 21.5. The van der Waals surface area contributed by atoms with Crippen molar-refractivity contribution in [2.45, 2.75) is 31.1 Å². The molecule has 0 bridgehead atoms. The Bertz CT molecular complexity index is 748. The topological polar surface area (TPSA) is 112 Å². The van der Waals surface area contributed by atoms with E-state index < -0.39 is 30.4 Å². The minimum absolute atomic E-state index is 0.0261. The Morgan fingerprint density at radius 2 is 2.28 bits per heavy atom. The summed E-state index contributed by atoms with van der Waals surface area (Å²) < 4.78 is 35.1. The third-order valence-electron chi connectivity index (χ3n) is 4.14. The number of ether oxygens (including phenoxy) is 1. The summed E-state index contributed by atoms with van der Waals surface area (Å²) in [5.41, 5.74) is 9.94. The summed E-state index contributed by atoms with van der Waals surface area (Å²) in [5.74, 6) is -2.57. The van der Waals surface area contributed by atoms with Crippen LogP contribution in [-0.4, -0.2) is 51.9 Å². The number of halogens is 2. The number of alkyl halides is 2. The van der Waals surface area contributed by atoms with E-state index in [-0.39, 0.29) is 12.4 Å². The number of aliphatic imine (C=N–C) groups is 1. The van der Waals surface area contributed by atoms with Gasteiger partial charge in [0.05, 0.1) is 6.10 Å². The van der Waals surface area contributed by atoms with Gasteiger partial charge in [0.1, 0.15) is 11.7 Å². The van der Waals surface area contributed by atoms with E-state index in [2.05, 4.69) is 9.98 Å². The van der Waals surface area contributed by atoms with E-state index in [9.17, 15) is 13.6 Å². The Hall–Kier alpha value is -2.49. The van der Waals surface area contributed by atoms with Crippen molar-refractivity contribution < 1.29 is 13.5 Å². The molecule has 136 valence electrons. The van der Waals surface area contributed by atoms with Crippen LogP contribution in [0.3, 0.4) is 0 Å². The molecule has 0 radical (unpaired) electrons. The summed E-state index contributed by atoms with van der Waals surface area (Å²) in [7, 11) is 0. The zero-order valence-corrected chi connectivity index (χ0v) is 13.5. The first-order valence-electron chi connectivity index (χ1n) is 7.96. The van der Waals surface area contributed by atoms with Crippen LogP contribution >= 0.6 is 0 Å². The Labute approximate surface area is 142 Å². The molecule has 0 amide bonds. The smallest absolute Gasteiger partial charge is 0.351 e. The van der Waals surface area contributed by atoms with Crippen molar-refractivity contribution in [2.75, 3.05) is 25.4 Å². The molecule has 10 heteroatoms. The molecule has 2 aliphatic heterocycles. The largest absolute Gasteiger partial charge is 0.404 e. The van der Waals surface area contributed by atoms with Gasteiger partial charge in [0.15, 0.2) is 0 Å². The third kappa shape index (κ3) is 3.63. The molecule has 0 saturated carbocycles. The van der Waals surface area contributed by atoms with Crippen molar-refractivity contribution in [1.29, 1.82) is 0 Å². The van der Waals surface area contributed by atoms with Gasteiger partial charge in [-0.2, -0.15) is 4.98 Å². The quantitative estimate of drug-likeness (QED) is 0.806. The minimum Gasteiger partial charge on any atom is -0.404 e. The van der Waals surface area contributed by atoms with Crippen molar-refractivity contribution in [3.8, 4) is 0 Å². The molecule has 1 aromatic rings. The maximum Gasteiger partial charge on any atom is 0.351 e. The highest BCUT2D eigenvalue weighted by Crippen LogP contribution is 2.42. The van der Waals surface area contributed by atoms with Crippen LogP contribution in [0.15, 0.2) is 34.3 Å². The lowest BCUT2D eigenvalue weighted by atomic mass is 10.1. The lowest BCUT2D eigenvalue weighted by molar-refractivity contribution is -0.117. The predicted octanol–water partition coefficient (Wildman–Crippen LogP) is 0.325. The molecule has 0 spiro atoms. The van der Waals surface area contributed by atoms with Gasteiger partial charge in [-0.25, -0.2) is 13.6 Å². The minimum atomic E-state index is -3.19. The van der Waals surface area contributed by atoms with Crippen molar-refractivity contribution in [1.82, 2.24) is 14.5 Å². The van der Waals surface area contributed by atoms with Crippen molar-refractivity contribution in [2.24, 2.45) is 10.7 Å². The van der Waals surface area contributed by atoms with E-state index in [4.69, 9.17) is 16.2 Å². The maximum absolute atomic E-state index is 14.4. The number of anilines is 1. The van der Waals surface area contributed by atoms with Gasteiger partial charge in [-0.05, 0) is 24.8 Å². The highest BCUT2D eigenvalue weighted by Gasteiger charge is 2.52. The summed E-state index contributed by atoms with van der Waals surface area (Å²) in [5, 5.41) is 0. The first-order chi connectivity index (χ1) is 11.9. The second-order valence-corrected chi connectivity index (χ2v) is 6.02. The van der Waals surface area contributed by atoms with Gasteiger partial charge in [-0.15, -0.1) is 0 Å². The van der Waals surface area contributed by atoms with E-state index >= 15 is 0 Å². The summed E-state index contributed by atoms with van der Waals surface area (Å²) in [6.07, 6.45) is 2.06. The molecule has 25 heavy (non-hydrogen) atoms. The average Bonchev–Trinajstić information content (AvgIpc) is 2.84. The van der Waals surface area contributed by atoms with Gasteiger partial charge in [0.25, 0.3) is 5.92 Å². The fraction of sp³-hybridized carbons (Fsp3) is 0.533. The third-order valence-corrected chi connectivity index (χ3v) is 4.14. The number of hydrogen-bond donors (Lipinski definition) is 2. The molecule has 3 heterocycles. The van der Waals surface area contributed by atoms with E-state index in [1.807, 2.05) is 4.90 Å². The monoisotopic (exact) mass is 354 g/mol. The number of aromatic nitrogens is 2.